The van der Waals surface area contributed by atoms with Crippen molar-refractivity contribution in [3.05, 3.63) is 35.4 Å². The van der Waals surface area contributed by atoms with Crippen LogP contribution < -0.4 is 5.32 Å². The fraction of sp³-hybridized carbons (Fsp3) is 0.538. The Labute approximate surface area is 100.0 Å². The molecule has 4 heteroatoms. The normalized spacial score (nSPS) is 19.1. The topological polar surface area (TPSA) is 21.3 Å². The predicted octanol–water partition coefficient (Wildman–Crippen LogP) is 2.65. The lowest BCUT2D eigenvalue weighted by Crippen LogP contribution is -2.33. The smallest absolute Gasteiger partial charge is 0.130 e. The maximum absolute atomic E-state index is 13.7. The van der Waals surface area contributed by atoms with Gasteiger partial charge in [0.1, 0.15) is 11.6 Å². The van der Waals surface area contributed by atoms with Crippen molar-refractivity contribution in [2.75, 3.05) is 14.2 Å². The zero-order valence-corrected chi connectivity index (χ0v) is 10.0. The van der Waals surface area contributed by atoms with E-state index in [-0.39, 0.29) is 12.1 Å². The molecule has 0 aliphatic heterocycles. The van der Waals surface area contributed by atoms with E-state index in [1.54, 1.807) is 14.2 Å². The Bertz CT molecular complexity index is 393. The van der Waals surface area contributed by atoms with Crippen molar-refractivity contribution in [1.29, 1.82) is 0 Å². The first-order valence-corrected chi connectivity index (χ1v) is 5.82. The van der Waals surface area contributed by atoms with Crippen molar-refractivity contribution < 1.29 is 13.5 Å². The third kappa shape index (κ3) is 2.64. The highest BCUT2D eigenvalue weighted by Gasteiger charge is 2.37. The molecule has 0 saturated heterocycles. The Morgan fingerprint density at radius 2 is 2.06 bits per heavy atom. The molecule has 17 heavy (non-hydrogen) atoms. The predicted molar refractivity (Wildman–Crippen MR) is 61.7 cm³/mol. The maximum Gasteiger partial charge on any atom is 0.130 e. The lowest BCUT2D eigenvalue weighted by Gasteiger charge is -2.26. The van der Waals surface area contributed by atoms with Crippen LogP contribution in [0, 0.1) is 17.6 Å². The first-order chi connectivity index (χ1) is 8.17. The van der Waals surface area contributed by atoms with Gasteiger partial charge in [-0.25, -0.2) is 8.78 Å². The van der Waals surface area contributed by atoms with Gasteiger partial charge in [-0.3, -0.25) is 0 Å². The van der Waals surface area contributed by atoms with Gasteiger partial charge in [-0.1, -0.05) is 6.07 Å². The van der Waals surface area contributed by atoms with E-state index in [2.05, 4.69) is 5.32 Å². The number of benzene rings is 1. The first-order valence-electron chi connectivity index (χ1n) is 5.82. The van der Waals surface area contributed by atoms with Crippen LogP contribution in [0.25, 0.3) is 0 Å². The van der Waals surface area contributed by atoms with Crippen molar-refractivity contribution in [1.82, 2.24) is 5.32 Å². The number of halogens is 2. The van der Waals surface area contributed by atoms with Crippen LogP contribution in [0.4, 0.5) is 8.78 Å². The molecule has 2 atom stereocenters. The minimum Gasteiger partial charge on any atom is -0.379 e. The summed E-state index contributed by atoms with van der Waals surface area (Å²) in [6, 6.07) is 3.45. The molecule has 1 fully saturated rings. The molecule has 0 spiro atoms. The Balaban J connectivity index is 2.26. The van der Waals surface area contributed by atoms with E-state index in [1.807, 2.05) is 0 Å². The van der Waals surface area contributed by atoms with E-state index in [0.717, 1.165) is 18.9 Å². The Morgan fingerprint density at radius 3 is 2.53 bits per heavy atom. The van der Waals surface area contributed by atoms with Crippen molar-refractivity contribution in [3.63, 3.8) is 0 Å². The second kappa shape index (κ2) is 5.10. The van der Waals surface area contributed by atoms with Crippen LogP contribution in [0.3, 0.4) is 0 Å². The fourth-order valence-electron chi connectivity index (χ4n) is 2.28. The summed E-state index contributed by atoms with van der Waals surface area (Å²) in [5.74, 6) is -0.601. The molecule has 2 unspecified atom stereocenters. The van der Waals surface area contributed by atoms with E-state index in [4.69, 9.17) is 4.74 Å². The summed E-state index contributed by atoms with van der Waals surface area (Å²) in [5, 5.41) is 3.06. The van der Waals surface area contributed by atoms with Crippen LogP contribution in [-0.2, 0) is 4.74 Å². The third-order valence-corrected chi connectivity index (χ3v) is 3.30. The van der Waals surface area contributed by atoms with Gasteiger partial charge in [0.25, 0.3) is 0 Å². The van der Waals surface area contributed by atoms with E-state index in [1.165, 1.54) is 12.1 Å². The van der Waals surface area contributed by atoms with Gasteiger partial charge < -0.3 is 10.1 Å². The zero-order chi connectivity index (χ0) is 12.4. The van der Waals surface area contributed by atoms with E-state index >= 15 is 0 Å². The van der Waals surface area contributed by atoms with Crippen molar-refractivity contribution in [3.8, 4) is 0 Å². The zero-order valence-electron chi connectivity index (χ0n) is 10.0. The van der Waals surface area contributed by atoms with Crippen LogP contribution in [0.5, 0.6) is 0 Å². The standard InChI is InChI=1S/C13H17F2NO/c1-16-12(13(17-2)8-3-4-8)10-6-5-9(14)7-11(10)15/h5-8,12-13,16H,3-4H2,1-2H3. The number of likely N-dealkylation sites (N-methyl/N-ethyl adjacent to an activating group) is 1. The van der Waals surface area contributed by atoms with Gasteiger partial charge in [-0.2, -0.15) is 0 Å². The molecular weight excluding hydrogens is 224 g/mol. The second-order valence-corrected chi connectivity index (χ2v) is 4.47. The van der Waals surface area contributed by atoms with Crippen LogP contribution >= 0.6 is 0 Å². The number of hydrogen-bond acceptors (Lipinski definition) is 2. The molecule has 94 valence electrons. The monoisotopic (exact) mass is 241 g/mol. The Morgan fingerprint density at radius 1 is 1.35 bits per heavy atom. The van der Waals surface area contributed by atoms with E-state index in [0.29, 0.717) is 11.5 Å². The molecule has 2 nitrogen and oxygen atoms in total. The maximum atomic E-state index is 13.7. The summed E-state index contributed by atoms with van der Waals surface area (Å²) in [7, 11) is 3.40. The summed E-state index contributed by atoms with van der Waals surface area (Å²) in [5.41, 5.74) is 0.465. The van der Waals surface area contributed by atoms with Crippen LogP contribution in [0.15, 0.2) is 18.2 Å². The van der Waals surface area contributed by atoms with Gasteiger partial charge in [0.2, 0.25) is 0 Å². The lowest BCUT2D eigenvalue weighted by atomic mass is 9.97. The van der Waals surface area contributed by atoms with Gasteiger partial charge in [0.15, 0.2) is 0 Å². The summed E-state index contributed by atoms with van der Waals surface area (Å²) >= 11 is 0. The van der Waals surface area contributed by atoms with Crippen LogP contribution in [-0.4, -0.2) is 20.3 Å². The van der Waals surface area contributed by atoms with Crippen molar-refractivity contribution >= 4 is 0 Å². The SMILES string of the molecule is CNC(c1ccc(F)cc1F)C(OC)C1CC1. The molecule has 2 rings (SSSR count). The highest BCUT2D eigenvalue weighted by atomic mass is 19.1. The highest BCUT2D eigenvalue weighted by Crippen LogP contribution is 2.40. The molecule has 0 radical (unpaired) electrons. The third-order valence-electron chi connectivity index (χ3n) is 3.30. The number of rotatable bonds is 5. The number of hydrogen-bond donors (Lipinski definition) is 1. The molecule has 1 aliphatic carbocycles. The summed E-state index contributed by atoms with van der Waals surface area (Å²) < 4.78 is 32.1. The van der Waals surface area contributed by atoms with Gasteiger partial charge >= 0.3 is 0 Å². The molecule has 0 amide bonds. The first kappa shape index (κ1) is 12.5. The second-order valence-electron chi connectivity index (χ2n) is 4.47. The number of nitrogens with one attached hydrogen (secondary N) is 1. The quantitative estimate of drug-likeness (QED) is 0.855. The van der Waals surface area contributed by atoms with E-state index in [9.17, 15) is 8.78 Å². The van der Waals surface area contributed by atoms with Gasteiger partial charge in [0.05, 0.1) is 12.1 Å². The molecule has 0 aromatic heterocycles. The molecule has 0 heterocycles. The molecule has 0 bridgehead atoms. The number of methoxy groups -OCH3 is 1. The largest absolute Gasteiger partial charge is 0.379 e. The lowest BCUT2D eigenvalue weighted by molar-refractivity contribution is 0.0519. The molecule has 1 N–H and O–H groups in total. The van der Waals surface area contributed by atoms with Crippen molar-refractivity contribution in [2.24, 2.45) is 5.92 Å². The fourth-order valence-corrected chi connectivity index (χ4v) is 2.28. The average molecular weight is 241 g/mol. The summed E-state index contributed by atoms with van der Waals surface area (Å²) in [4.78, 5) is 0. The molecule has 1 saturated carbocycles. The minimum absolute atomic E-state index is 0.0556. The average Bonchev–Trinajstić information content (AvgIpc) is 3.11. The molecule has 1 aromatic carbocycles. The van der Waals surface area contributed by atoms with Gasteiger partial charge in [-0.05, 0) is 31.9 Å². The minimum atomic E-state index is -0.554. The van der Waals surface area contributed by atoms with Crippen molar-refractivity contribution in [2.45, 2.75) is 25.0 Å². The molecule has 1 aliphatic rings. The highest BCUT2D eigenvalue weighted by molar-refractivity contribution is 5.24. The summed E-state index contributed by atoms with van der Waals surface area (Å²) in [6.07, 6.45) is 2.17. The molecular formula is C13H17F2NO. The Hall–Kier alpha value is -1.00. The van der Waals surface area contributed by atoms with Gasteiger partial charge in [-0.15, -0.1) is 0 Å². The van der Waals surface area contributed by atoms with Crippen LogP contribution in [0.2, 0.25) is 0 Å². The Kier molecular flexibility index (Phi) is 3.74. The van der Waals surface area contributed by atoms with E-state index < -0.39 is 11.6 Å². The molecule has 1 aromatic rings. The van der Waals surface area contributed by atoms with Gasteiger partial charge in [0, 0.05) is 18.7 Å². The summed E-state index contributed by atoms with van der Waals surface area (Å²) in [6.45, 7) is 0. The number of ether oxygens (including phenoxy) is 1. The van der Waals surface area contributed by atoms with Crippen LogP contribution in [0.1, 0.15) is 24.4 Å².